The van der Waals surface area contributed by atoms with Gasteiger partial charge in [-0.1, -0.05) is 333 Å². The maximum absolute atomic E-state index is 11.3. The Bertz CT molecular complexity index is 497. The van der Waals surface area contributed by atoms with E-state index in [2.05, 4.69) is 137 Å². The van der Waals surface area contributed by atoms with Crippen molar-refractivity contribution in [2.45, 2.75) is 352 Å². The summed E-state index contributed by atoms with van der Waals surface area (Å²) in [7, 11) is 1.50. The van der Waals surface area contributed by atoms with Crippen LogP contribution in [-0.4, -0.2) is 12.8 Å². The number of rotatable bonds is 24. The topological polar surface area (TPSA) is 43.1 Å². The molecule has 0 rings (SSSR count). The lowest BCUT2D eigenvalue weighted by atomic mass is 9.79. The van der Waals surface area contributed by atoms with Crippen LogP contribution in [0.1, 0.15) is 352 Å². The molecule has 0 aliphatic heterocycles. The van der Waals surface area contributed by atoms with Crippen LogP contribution in [0.25, 0.3) is 0 Å². The number of carbonyl (C=O) groups excluding carboxylic acids is 1. The van der Waals surface area contributed by atoms with E-state index in [1.807, 2.05) is 27.7 Å². The molecule has 0 saturated heterocycles. The molecule has 2 unspecified atom stereocenters. The van der Waals surface area contributed by atoms with Crippen LogP contribution in [0, 0.1) is 17.3 Å². The zero-order valence-corrected chi connectivity index (χ0v) is 48.6. The highest BCUT2D eigenvalue weighted by molar-refractivity contribution is 5.78. The fourth-order valence-corrected chi connectivity index (χ4v) is 4.62. The quantitative estimate of drug-likeness (QED) is 0.0983. The standard InChI is InChI=1S/C13H26O.C10H22.2C7H16.C6H14.C4H10.2C3H8.2C2H6.CH5N/c1-4-6-8-9-11-13(12(3)14)10-7-5-2;1-6-7-8-9(2)10(3,4)5;2*1-3-5-7-6-4-2;1-3-5-6-4-2;1-3-4-2;2*1-3-2;3*1-2/h13H,4-11H2,1-3H3;9H,6-8H2,1-5H3;2*3-7H2,1-2H3;3-6H2,1-2H3;3-4H2,1-2H3;2*3H2,1-2H3;2*1-2H3;2H2,1H3. The van der Waals surface area contributed by atoms with E-state index < -0.39 is 0 Å². The van der Waals surface area contributed by atoms with Gasteiger partial charge in [0, 0.05) is 5.92 Å². The Morgan fingerprint density at radius 3 is 0.767 bits per heavy atom. The molecule has 60 heavy (non-hydrogen) atoms. The summed E-state index contributed by atoms with van der Waals surface area (Å²) in [5.41, 5.74) is 5.01. The molecule has 2 nitrogen and oxygen atoms in total. The van der Waals surface area contributed by atoms with Gasteiger partial charge in [-0.2, -0.15) is 0 Å². The molecule has 0 saturated carbocycles. The molecule has 2 heteroatoms. The molecule has 0 spiro atoms. The van der Waals surface area contributed by atoms with Crippen molar-refractivity contribution in [3.05, 3.63) is 0 Å². The number of carbonyl (C=O) groups is 1. The van der Waals surface area contributed by atoms with E-state index in [1.54, 1.807) is 6.92 Å². The fraction of sp³-hybridized carbons (Fsp3) is 0.983. The highest BCUT2D eigenvalue weighted by Crippen LogP contribution is 2.29. The predicted octanol–water partition coefficient (Wildman–Crippen LogP) is 23.0. The molecule has 2 atom stereocenters. The van der Waals surface area contributed by atoms with Gasteiger partial charge >= 0.3 is 0 Å². The Balaban J connectivity index is -0.0000000521. The molecule has 2 N–H and O–H groups in total. The number of ketones is 1. The minimum absolute atomic E-state index is 0.354. The second kappa shape index (κ2) is 102. The first-order valence-electron chi connectivity index (χ1n) is 27.8. The lowest BCUT2D eigenvalue weighted by Crippen LogP contribution is -2.16. The summed E-state index contributed by atoms with van der Waals surface area (Å²) < 4.78 is 0. The number of hydrogen-bond acceptors (Lipinski definition) is 2. The van der Waals surface area contributed by atoms with Gasteiger partial charge in [0.05, 0.1) is 0 Å². The average Bonchev–Trinajstić information content (AvgIpc) is 3.25. The number of nitrogens with two attached hydrogens (primary N) is 1. The minimum atomic E-state index is 0.354. The zero-order chi connectivity index (χ0) is 49.7. The van der Waals surface area contributed by atoms with Crippen molar-refractivity contribution in [3.63, 3.8) is 0 Å². The molecule has 0 bridgehead atoms. The average molecular weight is 865 g/mol. The monoisotopic (exact) mass is 864 g/mol. The van der Waals surface area contributed by atoms with E-state index in [-0.39, 0.29) is 0 Å². The van der Waals surface area contributed by atoms with Crippen molar-refractivity contribution in [3.8, 4) is 0 Å². The Hall–Kier alpha value is -0.370. The third kappa shape index (κ3) is 146. The third-order valence-electron chi connectivity index (χ3n) is 9.23. The van der Waals surface area contributed by atoms with Gasteiger partial charge in [0.1, 0.15) is 5.78 Å². The molecule has 0 fully saturated rings. The molecule has 0 aliphatic rings. The van der Waals surface area contributed by atoms with Crippen LogP contribution in [-0.2, 0) is 4.79 Å². The predicted molar refractivity (Wildman–Crippen MR) is 295 cm³/mol. The number of unbranched alkanes of at least 4 members (excludes halogenated alkanes) is 17. The molecule has 0 aliphatic carbocycles. The van der Waals surface area contributed by atoms with Crippen LogP contribution in [0.15, 0.2) is 0 Å². The molecule has 0 heterocycles. The molecule has 0 amide bonds. The Morgan fingerprint density at radius 1 is 0.367 bits per heavy atom. The Kier molecular flexibility index (Phi) is 148. The third-order valence-corrected chi connectivity index (χ3v) is 9.23. The number of hydrogen-bond donors (Lipinski definition) is 1. The van der Waals surface area contributed by atoms with Crippen LogP contribution in [0.4, 0.5) is 0 Å². The molecule has 0 aromatic heterocycles. The number of Topliss-reactive ketones (excluding diaryl/α,β-unsaturated/α-hetero) is 1. The van der Waals surface area contributed by atoms with Gasteiger partial charge in [0.15, 0.2) is 0 Å². The second-order valence-electron chi connectivity index (χ2n) is 17.0. The van der Waals surface area contributed by atoms with Crippen molar-refractivity contribution >= 4 is 5.78 Å². The first kappa shape index (κ1) is 86.7. The maximum atomic E-state index is 11.3. The summed E-state index contributed by atoms with van der Waals surface area (Å²) in [5.74, 6) is 1.62. The van der Waals surface area contributed by atoms with E-state index in [9.17, 15) is 4.79 Å². The van der Waals surface area contributed by atoms with E-state index in [0.29, 0.717) is 17.1 Å². The molecule has 0 aromatic rings. The minimum Gasteiger partial charge on any atom is -0.333 e. The fourth-order valence-electron chi connectivity index (χ4n) is 4.62. The van der Waals surface area contributed by atoms with E-state index >= 15 is 0 Å². The summed E-state index contributed by atoms with van der Waals surface area (Å²) in [6.45, 7) is 52.1. The molecule has 0 radical (unpaired) electrons. The lowest BCUT2D eigenvalue weighted by molar-refractivity contribution is -0.121. The van der Waals surface area contributed by atoms with Crippen molar-refractivity contribution in [1.29, 1.82) is 0 Å². The second-order valence-corrected chi connectivity index (χ2v) is 17.0. The normalized spacial score (nSPS) is 10.0. The van der Waals surface area contributed by atoms with Crippen molar-refractivity contribution in [2.24, 2.45) is 23.0 Å². The van der Waals surface area contributed by atoms with Crippen molar-refractivity contribution in [1.82, 2.24) is 0 Å². The summed E-state index contributed by atoms with van der Waals surface area (Å²) in [5, 5.41) is 0. The van der Waals surface area contributed by atoms with Crippen LogP contribution in [0.5, 0.6) is 0 Å². The van der Waals surface area contributed by atoms with Crippen molar-refractivity contribution in [2.75, 3.05) is 7.05 Å². The first-order valence-corrected chi connectivity index (χ1v) is 27.8. The van der Waals surface area contributed by atoms with Gasteiger partial charge in [-0.15, -0.1) is 0 Å². The molecule has 380 valence electrons. The van der Waals surface area contributed by atoms with E-state index in [4.69, 9.17) is 0 Å². The first-order chi connectivity index (χ1) is 28.7. The summed E-state index contributed by atoms with van der Waals surface area (Å²) >= 11 is 0. The van der Waals surface area contributed by atoms with Crippen LogP contribution in [0.2, 0.25) is 0 Å². The van der Waals surface area contributed by atoms with Crippen LogP contribution >= 0.6 is 0 Å². The summed E-state index contributed by atoms with van der Waals surface area (Å²) in [6.07, 6.45) is 38.6. The molecular weight excluding hydrogens is 727 g/mol. The van der Waals surface area contributed by atoms with Gasteiger partial charge in [-0.25, -0.2) is 0 Å². The zero-order valence-electron chi connectivity index (χ0n) is 48.6. The summed E-state index contributed by atoms with van der Waals surface area (Å²) in [4.78, 5) is 11.3. The summed E-state index contributed by atoms with van der Waals surface area (Å²) in [6, 6.07) is 0. The van der Waals surface area contributed by atoms with Gasteiger partial charge < -0.3 is 5.73 Å². The van der Waals surface area contributed by atoms with Crippen LogP contribution < -0.4 is 5.73 Å². The molecular formula is C58H137NO. The lowest BCUT2D eigenvalue weighted by Gasteiger charge is -2.26. The highest BCUT2D eigenvalue weighted by Gasteiger charge is 2.18. The van der Waals surface area contributed by atoms with Gasteiger partial charge in [-0.05, 0) is 38.1 Å². The van der Waals surface area contributed by atoms with Crippen LogP contribution in [0.3, 0.4) is 0 Å². The highest BCUT2D eigenvalue weighted by atomic mass is 16.1. The smallest absolute Gasteiger partial charge is 0.132 e. The maximum Gasteiger partial charge on any atom is 0.132 e. The van der Waals surface area contributed by atoms with Crippen molar-refractivity contribution < 1.29 is 4.79 Å². The van der Waals surface area contributed by atoms with Gasteiger partial charge in [-0.3, -0.25) is 4.79 Å². The van der Waals surface area contributed by atoms with Gasteiger partial charge in [0.25, 0.3) is 0 Å². The SMILES string of the molecule is CC.CC.CCC.CCC.CCCC.CCCCC(C)C(C)(C)C.CCCCCC.CCCCCCC.CCCCCCC.CCCCCCC(CCCC)C(C)=O.CN. The largest absolute Gasteiger partial charge is 0.333 e. The van der Waals surface area contributed by atoms with Gasteiger partial charge in [0.2, 0.25) is 0 Å². The Labute approximate surface area is 391 Å². The molecule has 0 aromatic carbocycles. The van der Waals surface area contributed by atoms with E-state index in [1.165, 1.54) is 180 Å². The Morgan fingerprint density at radius 2 is 0.567 bits per heavy atom. The van der Waals surface area contributed by atoms with E-state index in [0.717, 1.165) is 18.8 Å².